The van der Waals surface area contributed by atoms with E-state index in [9.17, 15) is 0 Å². The maximum Gasteiger partial charge on any atom is 0.241 e. The van der Waals surface area contributed by atoms with Crippen LogP contribution in [-0.2, 0) is 0 Å². The summed E-state index contributed by atoms with van der Waals surface area (Å²) in [5, 5.41) is 7.61. The maximum absolute atomic E-state index is 5.71. The summed E-state index contributed by atoms with van der Waals surface area (Å²) >= 11 is 0. The highest BCUT2D eigenvalue weighted by Crippen LogP contribution is 2.20. The number of nitrogens with two attached hydrogens (primary N) is 2. The second-order valence-corrected chi connectivity index (χ2v) is 3.51. The van der Waals surface area contributed by atoms with Gasteiger partial charge in [-0.05, 0) is 18.2 Å². The monoisotopic (exact) mass is 227 g/mol. The molecule has 7 heteroatoms. The summed E-state index contributed by atoms with van der Waals surface area (Å²) < 4.78 is 1.23. The minimum atomic E-state index is 0.166. The molecular formula is C10H9N7. The van der Waals surface area contributed by atoms with Crippen molar-refractivity contribution < 1.29 is 0 Å². The van der Waals surface area contributed by atoms with Crippen LogP contribution in [-0.4, -0.2) is 24.8 Å². The molecule has 0 atom stereocenters. The standard InChI is InChI=1S/C10H9N7/c11-10-16-15-9(17(10)12)6-1-2-7-8(5-6)14-4-3-13-7/h1-5H,12H2,(H2,11,16). The van der Waals surface area contributed by atoms with Crippen LogP contribution in [0.5, 0.6) is 0 Å². The predicted octanol–water partition coefficient (Wildman–Crippen LogP) is 0.184. The Labute approximate surface area is 96.1 Å². The first kappa shape index (κ1) is 9.52. The molecule has 0 aliphatic heterocycles. The number of nitrogen functional groups attached to an aromatic ring is 2. The number of hydrogen-bond acceptors (Lipinski definition) is 6. The summed E-state index contributed by atoms with van der Waals surface area (Å²) in [6.07, 6.45) is 3.28. The van der Waals surface area contributed by atoms with E-state index in [1.165, 1.54) is 4.68 Å². The third-order valence-electron chi connectivity index (χ3n) is 2.45. The van der Waals surface area contributed by atoms with Crippen LogP contribution in [0.2, 0.25) is 0 Å². The minimum absolute atomic E-state index is 0.166. The van der Waals surface area contributed by atoms with Crippen molar-refractivity contribution in [2.45, 2.75) is 0 Å². The third kappa shape index (κ3) is 1.44. The van der Waals surface area contributed by atoms with Crippen LogP contribution in [0.15, 0.2) is 30.6 Å². The quantitative estimate of drug-likeness (QED) is 0.574. The molecule has 2 heterocycles. The summed E-state index contributed by atoms with van der Waals surface area (Å²) in [5.74, 6) is 6.37. The van der Waals surface area contributed by atoms with Crippen molar-refractivity contribution in [1.29, 1.82) is 0 Å². The SMILES string of the molecule is Nc1nnc(-c2ccc3nccnc3c2)n1N. The lowest BCUT2D eigenvalue weighted by Crippen LogP contribution is -2.13. The number of fused-ring (bicyclic) bond motifs is 1. The highest BCUT2D eigenvalue weighted by molar-refractivity contribution is 5.79. The molecule has 0 bridgehead atoms. The number of benzene rings is 1. The number of rotatable bonds is 1. The molecule has 17 heavy (non-hydrogen) atoms. The van der Waals surface area contributed by atoms with Crippen molar-refractivity contribution in [3.05, 3.63) is 30.6 Å². The first-order valence-corrected chi connectivity index (χ1v) is 4.93. The van der Waals surface area contributed by atoms with Gasteiger partial charge < -0.3 is 11.6 Å². The van der Waals surface area contributed by atoms with Gasteiger partial charge in [-0.1, -0.05) is 0 Å². The van der Waals surface area contributed by atoms with Gasteiger partial charge in [0, 0.05) is 18.0 Å². The summed E-state index contributed by atoms with van der Waals surface area (Å²) in [4.78, 5) is 8.39. The second-order valence-electron chi connectivity index (χ2n) is 3.51. The molecule has 0 radical (unpaired) electrons. The van der Waals surface area contributed by atoms with Gasteiger partial charge in [-0.15, -0.1) is 10.2 Å². The topological polar surface area (TPSA) is 109 Å². The average Bonchev–Trinajstić information content (AvgIpc) is 2.70. The molecule has 84 valence electrons. The molecular weight excluding hydrogens is 218 g/mol. The van der Waals surface area contributed by atoms with Crippen LogP contribution in [0, 0.1) is 0 Å². The lowest BCUT2D eigenvalue weighted by atomic mass is 10.2. The van der Waals surface area contributed by atoms with Gasteiger partial charge in [-0.3, -0.25) is 9.97 Å². The van der Waals surface area contributed by atoms with Crippen molar-refractivity contribution >= 4 is 17.0 Å². The Morgan fingerprint density at radius 3 is 2.47 bits per heavy atom. The fourth-order valence-electron chi connectivity index (χ4n) is 1.60. The molecule has 2 aromatic heterocycles. The third-order valence-corrected chi connectivity index (χ3v) is 2.45. The minimum Gasteiger partial charge on any atom is -0.366 e. The predicted molar refractivity (Wildman–Crippen MR) is 63.1 cm³/mol. The van der Waals surface area contributed by atoms with E-state index in [0.717, 1.165) is 16.6 Å². The molecule has 4 N–H and O–H groups in total. The normalized spacial score (nSPS) is 10.8. The molecule has 0 saturated heterocycles. The Balaban J connectivity index is 2.21. The van der Waals surface area contributed by atoms with Gasteiger partial charge in [0.05, 0.1) is 11.0 Å². The van der Waals surface area contributed by atoms with Gasteiger partial charge in [-0.25, -0.2) is 4.68 Å². The molecule has 0 aliphatic carbocycles. The summed E-state index contributed by atoms with van der Waals surface area (Å²) in [6.45, 7) is 0. The zero-order valence-corrected chi connectivity index (χ0v) is 8.78. The Bertz CT molecular complexity index is 688. The molecule has 0 aliphatic rings. The smallest absolute Gasteiger partial charge is 0.241 e. The van der Waals surface area contributed by atoms with E-state index in [1.807, 2.05) is 18.2 Å². The fourth-order valence-corrected chi connectivity index (χ4v) is 1.60. The van der Waals surface area contributed by atoms with Crippen molar-refractivity contribution in [3.8, 4) is 11.4 Å². The van der Waals surface area contributed by atoms with E-state index in [0.29, 0.717) is 5.82 Å². The van der Waals surface area contributed by atoms with E-state index in [2.05, 4.69) is 20.2 Å². The van der Waals surface area contributed by atoms with Gasteiger partial charge in [0.2, 0.25) is 5.95 Å². The van der Waals surface area contributed by atoms with Crippen molar-refractivity contribution in [2.24, 2.45) is 0 Å². The van der Waals surface area contributed by atoms with Gasteiger partial charge in [-0.2, -0.15) is 0 Å². The number of nitrogens with zero attached hydrogens (tertiary/aromatic N) is 5. The van der Waals surface area contributed by atoms with E-state index >= 15 is 0 Å². The van der Waals surface area contributed by atoms with E-state index in [4.69, 9.17) is 11.6 Å². The summed E-state index contributed by atoms with van der Waals surface area (Å²) in [6, 6.07) is 5.54. The van der Waals surface area contributed by atoms with Crippen molar-refractivity contribution in [2.75, 3.05) is 11.6 Å². The van der Waals surface area contributed by atoms with E-state index in [-0.39, 0.29) is 5.95 Å². The summed E-state index contributed by atoms with van der Waals surface area (Å²) in [5.41, 5.74) is 7.91. The Kier molecular flexibility index (Phi) is 1.91. The van der Waals surface area contributed by atoms with Gasteiger partial charge in [0.1, 0.15) is 0 Å². The Morgan fingerprint density at radius 2 is 1.76 bits per heavy atom. The average molecular weight is 227 g/mol. The van der Waals surface area contributed by atoms with E-state index < -0.39 is 0 Å². The Morgan fingerprint density at radius 1 is 1.00 bits per heavy atom. The molecule has 7 nitrogen and oxygen atoms in total. The lowest BCUT2D eigenvalue weighted by molar-refractivity contribution is 1.02. The molecule has 0 saturated carbocycles. The number of anilines is 1. The van der Waals surface area contributed by atoms with Crippen LogP contribution in [0.1, 0.15) is 0 Å². The molecule has 0 amide bonds. The van der Waals surface area contributed by atoms with Crippen molar-refractivity contribution in [1.82, 2.24) is 24.8 Å². The first-order valence-electron chi connectivity index (χ1n) is 4.93. The first-order chi connectivity index (χ1) is 8.25. The molecule has 1 aromatic carbocycles. The molecule has 3 aromatic rings. The van der Waals surface area contributed by atoms with Crippen LogP contribution in [0.3, 0.4) is 0 Å². The van der Waals surface area contributed by atoms with Gasteiger partial charge in [0.25, 0.3) is 0 Å². The molecule has 0 spiro atoms. The Hall–Kier alpha value is -2.70. The fraction of sp³-hybridized carbons (Fsp3) is 0. The number of aromatic nitrogens is 5. The van der Waals surface area contributed by atoms with Crippen LogP contribution < -0.4 is 11.6 Å². The molecule has 0 unspecified atom stereocenters. The molecule has 0 fully saturated rings. The van der Waals surface area contributed by atoms with E-state index in [1.54, 1.807) is 12.4 Å². The zero-order valence-electron chi connectivity index (χ0n) is 8.78. The zero-order chi connectivity index (χ0) is 11.8. The number of hydrogen-bond donors (Lipinski definition) is 2. The van der Waals surface area contributed by atoms with Crippen LogP contribution >= 0.6 is 0 Å². The molecule has 3 rings (SSSR count). The maximum atomic E-state index is 5.71. The lowest BCUT2D eigenvalue weighted by Gasteiger charge is -2.02. The van der Waals surface area contributed by atoms with Gasteiger partial charge >= 0.3 is 0 Å². The van der Waals surface area contributed by atoms with Crippen LogP contribution in [0.25, 0.3) is 22.4 Å². The highest BCUT2D eigenvalue weighted by Gasteiger charge is 2.09. The highest BCUT2D eigenvalue weighted by atomic mass is 15.4. The van der Waals surface area contributed by atoms with Crippen molar-refractivity contribution in [3.63, 3.8) is 0 Å². The largest absolute Gasteiger partial charge is 0.366 e. The van der Waals surface area contributed by atoms with Gasteiger partial charge in [0.15, 0.2) is 5.82 Å². The summed E-state index contributed by atoms with van der Waals surface area (Å²) in [7, 11) is 0. The second kappa shape index (κ2) is 3.41. The van der Waals surface area contributed by atoms with Crippen LogP contribution in [0.4, 0.5) is 5.95 Å².